The molecule has 0 spiro atoms. The number of ether oxygens (including phenoxy) is 2. The van der Waals surface area contributed by atoms with Crippen LogP contribution in [-0.4, -0.2) is 30.2 Å². The molecular weight excluding hydrogens is 368 g/mol. The maximum absolute atomic E-state index is 12.7. The Hall–Kier alpha value is -2.87. The van der Waals surface area contributed by atoms with E-state index in [9.17, 15) is 4.79 Å². The van der Waals surface area contributed by atoms with E-state index in [1.165, 1.54) is 0 Å². The zero-order chi connectivity index (χ0) is 18.6. The number of carbonyl (C=O) groups excluding carboxylic acids is 1. The summed E-state index contributed by atoms with van der Waals surface area (Å²) >= 11 is 1.69. The molecule has 0 bridgehead atoms. The van der Waals surface area contributed by atoms with E-state index in [0.29, 0.717) is 35.1 Å². The number of aryl methyl sites for hydroxylation is 1. The van der Waals surface area contributed by atoms with Gasteiger partial charge >= 0.3 is 0 Å². The molecule has 0 fully saturated rings. The van der Waals surface area contributed by atoms with Crippen LogP contribution < -0.4 is 14.8 Å². The van der Waals surface area contributed by atoms with Gasteiger partial charge in [-0.2, -0.15) is 11.8 Å². The first-order chi connectivity index (χ1) is 13.2. The number of hydrogen-bond donors (Lipinski definition) is 1. The van der Waals surface area contributed by atoms with Gasteiger partial charge in [-0.05, 0) is 37.3 Å². The fourth-order valence-electron chi connectivity index (χ4n) is 2.76. The third-order valence-corrected chi connectivity index (χ3v) is 5.06. The molecule has 140 valence electrons. The van der Waals surface area contributed by atoms with E-state index in [1.54, 1.807) is 37.1 Å². The van der Waals surface area contributed by atoms with E-state index >= 15 is 0 Å². The lowest BCUT2D eigenvalue weighted by Gasteiger charge is -2.06. The van der Waals surface area contributed by atoms with Crippen molar-refractivity contribution in [2.24, 2.45) is 0 Å². The predicted octanol–water partition coefficient (Wildman–Crippen LogP) is 3.63. The molecule has 4 rings (SSSR count). The lowest BCUT2D eigenvalue weighted by Crippen LogP contribution is -2.26. The van der Waals surface area contributed by atoms with E-state index in [2.05, 4.69) is 10.5 Å². The van der Waals surface area contributed by atoms with E-state index in [1.807, 2.05) is 18.2 Å². The molecule has 0 saturated heterocycles. The molecule has 1 aromatic carbocycles. The van der Waals surface area contributed by atoms with Gasteiger partial charge in [0, 0.05) is 17.9 Å². The number of hydrogen-bond acceptors (Lipinski definition) is 7. The molecule has 8 heteroatoms. The van der Waals surface area contributed by atoms with Crippen LogP contribution in [-0.2, 0) is 5.75 Å². The van der Waals surface area contributed by atoms with Crippen LogP contribution >= 0.6 is 11.8 Å². The standard InChI is InChI=1S/C19H18N2O5S/c1-12-17(19(22)20-6-8-27-10-14-3-2-7-23-14)18(26-21-12)13-4-5-15-16(9-13)25-11-24-15/h2-5,7,9H,6,8,10-11H2,1H3,(H,20,22). The number of rotatable bonds is 7. The summed E-state index contributed by atoms with van der Waals surface area (Å²) in [4.78, 5) is 12.7. The summed E-state index contributed by atoms with van der Waals surface area (Å²) in [5.74, 6) is 3.99. The Balaban J connectivity index is 1.39. The van der Waals surface area contributed by atoms with Gasteiger partial charge < -0.3 is 23.7 Å². The van der Waals surface area contributed by atoms with Crippen molar-refractivity contribution in [3.63, 3.8) is 0 Å². The fraction of sp³-hybridized carbons (Fsp3) is 0.263. The Kier molecular flexibility index (Phi) is 5.06. The number of nitrogens with one attached hydrogen (secondary N) is 1. The summed E-state index contributed by atoms with van der Waals surface area (Å²) in [7, 11) is 0. The highest BCUT2D eigenvalue weighted by Gasteiger charge is 2.23. The highest BCUT2D eigenvalue weighted by atomic mass is 32.2. The average Bonchev–Trinajstić information content (AvgIpc) is 3.41. The molecule has 3 aromatic rings. The van der Waals surface area contributed by atoms with Crippen LogP contribution in [0.15, 0.2) is 45.5 Å². The van der Waals surface area contributed by atoms with Crippen molar-refractivity contribution in [1.29, 1.82) is 0 Å². The number of carbonyl (C=O) groups is 1. The van der Waals surface area contributed by atoms with Crippen molar-refractivity contribution in [3.8, 4) is 22.8 Å². The molecule has 2 aromatic heterocycles. The normalized spacial score (nSPS) is 12.3. The van der Waals surface area contributed by atoms with Gasteiger partial charge in [-0.3, -0.25) is 4.79 Å². The van der Waals surface area contributed by atoms with Gasteiger partial charge in [0.05, 0.1) is 17.7 Å². The maximum Gasteiger partial charge on any atom is 0.257 e. The fourth-order valence-corrected chi connectivity index (χ4v) is 3.52. The minimum Gasteiger partial charge on any atom is -0.468 e. The molecule has 1 N–H and O–H groups in total. The van der Waals surface area contributed by atoms with Crippen molar-refractivity contribution in [2.75, 3.05) is 19.1 Å². The number of nitrogens with zero attached hydrogens (tertiary/aromatic N) is 1. The van der Waals surface area contributed by atoms with Crippen molar-refractivity contribution >= 4 is 17.7 Å². The number of furan rings is 1. The van der Waals surface area contributed by atoms with E-state index in [-0.39, 0.29) is 12.7 Å². The van der Waals surface area contributed by atoms with Crippen LogP contribution in [0, 0.1) is 6.92 Å². The molecular formula is C19H18N2O5S. The highest BCUT2D eigenvalue weighted by molar-refractivity contribution is 7.98. The van der Waals surface area contributed by atoms with Crippen molar-refractivity contribution in [1.82, 2.24) is 10.5 Å². The monoisotopic (exact) mass is 386 g/mol. The van der Waals surface area contributed by atoms with Crippen molar-refractivity contribution in [2.45, 2.75) is 12.7 Å². The first kappa shape index (κ1) is 17.5. The largest absolute Gasteiger partial charge is 0.468 e. The summed E-state index contributed by atoms with van der Waals surface area (Å²) < 4.78 is 21.4. The lowest BCUT2D eigenvalue weighted by atomic mass is 10.1. The average molecular weight is 386 g/mol. The van der Waals surface area contributed by atoms with Crippen LogP contribution in [0.3, 0.4) is 0 Å². The number of amides is 1. The first-order valence-corrected chi connectivity index (χ1v) is 9.62. The Bertz CT molecular complexity index is 936. The van der Waals surface area contributed by atoms with Crippen LogP contribution in [0.25, 0.3) is 11.3 Å². The van der Waals surface area contributed by atoms with Gasteiger partial charge in [0.2, 0.25) is 6.79 Å². The zero-order valence-electron chi connectivity index (χ0n) is 14.7. The zero-order valence-corrected chi connectivity index (χ0v) is 15.5. The van der Waals surface area contributed by atoms with E-state index in [0.717, 1.165) is 22.8 Å². The summed E-state index contributed by atoms with van der Waals surface area (Å²) in [6.45, 7) is 2.48. The molecule has 3 heterocycles. The van der Waals surface area contributed by atoms with Crippen LogP contribution in [0.1, 0.15) is 21.8 Å². The Labute approximate surface area is 160 Å². The van der Waals surface area contributed by atoms with Gasteiger partial charge in [-0.1, -0.05) is 5.16 Å². The third-order valence-electron chi connectivity index (χ3n) is 4.08. The molecule has 0 unspecified atom stereocenters. The van der Waals surface area contributed by atoms with Gasteiger partial charge in [0.1, 0.15) is 11.3 Å². The van der Waals surface area contributed by atoms with Crippen molar-refractivity contribution < 1.29 is 23.2 Å². The lowest BCUT2D eigenvalue weighted by molar-refractivity contribution is 0.0956. The molecule has 1 aliphatic heterocycles. The number of aromatic nitrogens is 1. The van der Waals surface area contributed by atoms with Gasteiger partial charge in [0.15, 0.2) is 17.3 Å². The molecule has 0 aliphatic carbocycles. The smallest absolute Gasteiger partial charge is 0.257 e. The molecule has 27 heavy (non-hydrogen) atoms. The molecule has 1 amide bonds. The third kappa shape index (κ3) is 3.80. The van der Waals surface area contributed by atoms with Crippen LogP contribution in [0.2, 0.25) is 0 Å². The second-order valence-corrected chi connectivity index (χ2v) is 7.03. The summed E-state index contributed by atoms with van der Waals surface area (Å²) in [5.41, 5.74) is 1.70. The minimum absolute atomic E-state index is 0.192. The van der Waals surface area contributed by atoms with Gasteiger partial charge in [0.25, 0.3) is 5.91 Å². The number of thioether (sulfide) groups is 1. The molecule has 1 aliphatic rings. The van der Waals surface area contributed by atoms with Crippen LogP contribution in [0.4, 0.5) is 0 Å². The Morgan fingerprint density at radius 3 is 3.00 bits per heavy atom. The SMILES string of the molecule is Cc1noc(-c2ccc3c(c2)OCO3)c1C(=O)NCCSCc1ccco1. The predicted molar refractivity (Wildman–Crippen MR) is 100 cm³/mol. The number of benzene rings is 1. The molecule has 0 atom stereocenters. The minimum atomic E-state index is -0.208. The topological polar surface area (TPSA) is 86.7 Å². The Morgan fingerprint density at radius 2 is 2.15 bits per heavy atom. The van der Waals surface area contributed by atoms with Gasteiger partial charge in [-0.25, -0.2) is 0 Å². The second-order valence-electron chi connectivity index (χ2n) is 5.93. The van der Waals surface area contributed by atoms with Crippen molar-refractivity contribution in [3.05, 3.63) is 53.6 Å². The van der Waals surface area contributed by atoms with Gasteiger partial charge in [-0.15, -0.1) is 0 Å². The summed E-state index contributed by atoms with van der Waals surface area (Å²) in [5, 5.41) is 6.88. The van der Waals surface area contributed by atoms with E-state index < -0.39 is 0 Å². The molecule has 0 saturated carbocycles. The Morgan fingerprint density at radius 1 is 1.26 bits per heavy atom. The number of fused-ring (bicyclic) bond motifs is 1. The quantitative estimate of drug-likeness (QED) is 0.620. The summed E-state index contributed by atoms with van der Waals surface area (Å²) in [6.07, 6.45) is 1.66. The highest BCUT2D eigenvalue weighted by Crippen LogP contribution is 2.37. The maximum atomic E-state index is 12.7. The molecule has 7 nitrogen and oxygen atoms in total. The molecule has 0 radical (unpaired) electrons. The summed E-state index contributed by atoms with van der Waals surface area (Å²) in [6, 6.07) is 9.21. The van der Waals surface area contributed by atoms with E-state index in [4.69, 9.17) is 18.4 Å². The second kappa shape index (κ2) is 7.79. The first-order valence-electron chi connectivity index (χ1n) is 8.47. The van der Waals surface area contributed by atoms with Crippen LogP contribution in [0.5, 0.6) is 11.5 Å².